The number of aromatic hydroxyl groups is 1. The fourth-order valence-corrected chi connectivity index (χ4v) is 1.41. The van der Waals surface area contributed by atoms with Gasteiger partial charge < -0.3 is 10.8 Å². The summed E-state index contributed by atoms with van der Waals surface area (Å²) in [7, 11) is 0. The van der Waals surface area contributed by atoms with Gasteiger partial charge in [0.15, 0.2) is 0 Å². The van der Waals surface area contributed by atoms with Gasteiger partial charge in [-0.25, -0.2) is 0 Å². The number of benzene rings is 1. The maximum atomic E-state index is 9.82. The Morgan fingerprint density at radius 2 is 1.57 bits per heavy atom. The molecule has 1 rings (SSSR count). The van der Waals surface area contributed by atoms with E-state index >= 15 is 0 Å². The van der Waals surface area contributed by atoms with E-state index in [-0.39, 0.29) is 0 Å². The van der Waals surface area contributed by atoms with Crippen molar-refractivity contribution in [1.29, 1.82) is 0 Å². The van der Waals surface area contributed by atoms with Crippen LogP contribution < -0.4 is 5.73 Å². The van der Waals surface area contributed by atoms with Crippen LogP contribution in [-0.2, 0) is 12.8 Å². The molecule has 0 amide bonds. The molecule has 0 spiro atoms. The van der Waals surface area contributed by atoms with Crippen molar-refractivity contribution >= 4 is 5.69 Å². The van der Waals surface area contributed by atoms with Gasteiger partial charge in [0, 0.05) is 5.69 Å². The standard InChI is InChI=1S/C12H15NO/c1-3-5-9-7-11(13)8-10(6-4-2)12(9)14/h3-4,7-8,14H,1-2,5-6,13H2. The third-order valence-corrected chi connectivity index (χ3v) is 2.02. The number of nitrogen functional groups attached to an aromatic ring is 1. The summed E-state index contributed by atoms with van der Waals surface area (Å²) in [6.07, 6.45) is 4.74. The van der Waals surface area contributed by atoms with Gasteiger partial charge in [0.05, 0.1) is 0 Å². The molecule has 1 aromatic rings. The summed E-state index contributed by atoms with van der Waals surface area (Å²) in [5, 5.41) is 9.82. The Morgan fingerprint density at radius 3 is 1.93 bits per heavy atom. The number of allylic oxidation sites excluding steroid dienone is 2. The molecule has 3 N–H and O–H groups in total. The van der Waals surface area contributed by atoms with Crippen molar-refractivity contribution in [3.8, 4) is 5.75 Å². The number of phenolic OH excluding ortho intramolecular Hbond substituents is 1. The lowest BCUT2D eigenvalue weighted by molar-refractivity contribution is 0.464. The summed E-state index contributed by atoms with van der Waals surface area (Å²) in [5.41, 5.74) is 8.01. The Labute approximate surface area is 84.4 Å². The van der Waals surface area contributed by atoms with Gasteiger partial charge in [-0.1, -0.05) is 12.2 Å². The van der Waals surface area contributed by atoms with Crippen molar-refractivity contribution in [1.82, 2.24) is 0 Å². The number of hydrogen-bond acceptors (Lipinski definition) is 2. The first-order valence-corrected chi connectivity index (χ1v) is 4.51. The molecule has 2 heteroatoms. The van der Waals surface area contributed by atoms with Crippen LogP contribution in [-0.4, -0.2) is 5.11 Å². The Hall–Kier alpha value is -1.70. The highest BCUT2D eigenvalue weighted by Crippen LogP contribution is 2.27. The quantitative estimate of drug-likeness (QED) is 0.434. The van der Waals surface area contributed by atoms with Crippen LogP contribution in [0.15, 0.2) is 37.4 Å². The molecule has 0 aromatic heterocycles. The third-order valence-electron chi connectivity index (χ3n) is 2.02. The van der Waals surface area contributed by atoms with Gasteiger partial charge >= 0.3 is 0 Å². The SMILES string of the molecule is C=CCc1cc(N)cc(CC=C)c1O. The van der Waals surface area contributed by atoms with Gasteiger partial charge in [0.1, 0.15) is 5.75 Å². The molecule has 0 aliphatic heterocycles. The average molecular weight is 189 g/mol. The minimum atomic E-state index is 0.305. The van der Waals surface area contributed by atoms with Crippen LogP contribution in [0.1, 0.15) is 11.1 Å². The summed E-state index contributed by atoms with van der Waals surface area (Å²) >= 11 is 0. The first-order chi connectivity index (χ1) is 6.69. The predicted molar refractivity (Wildman–Crippen MR) is 60.3 cm³/mol. The van der Waals surface area contributed by atoms with E-state index in [4.69, 9.17) is 5.73 Å². The molecule has 0 fully saturated rings. The van der Waals surface area contributed by atoms with Crippen molar-refractivity contribution in [2.75, 3.05) is 5.73 Å². The van der Waals surface area contributed by atoms with Crippen LogP contribution in [0.25, 0.3) is 0 Å². The summed E-state index contributed by atoms with van der Waals surface area (Å²) in [4.78, 5) is 0. The van der Waals surface area contributed by atoms with Crippen molar-refractivity contribution < 1.29 is 5.11 Å². The van der Waals surface area contributed by atoms with E-state index in [0.717, 1.165) is 11.1 Å². The second kappa shape index (κ2) is 4.51. The Morgan fingerprint density at radius 1 is 1.14 bits per heavy atom. The average Bonchev–Trinajstić information content (AvgIpc) is 2.14. The third kappa shape index (κ3) is 2.16. The highest BCUT2D eigenvalue weighted by molar-refractivity contribution is 5.53. The molecular weight excluding hydrogens is 174 g/mol. The van der Waals surface area contributed by atoms with Gasteiger partial charge in [-0.3, -0.25) is 0 Å². The molecular formula is C12H15NO. The lowest BCUT2D eigenvalue weighted by atomic mass is 10.0. The van der Waals surface area contributed by atoms with Gasteiger partial charge in [-0.15, -0.1) is 13.2 Å². The number of nitrogens with two attached hydrogens (primary N) is 1. The van der Waals surface area contributed by atoms with Gasteiger partial charge in [0.2, 0.25) is 0 Å². The molecule has 0 atom stereocenters. The van der Waals surface area contributed by atoms with Crippen LogP contribution in [0.5, 0.6) is 5.75 Å². The van der Waals surface area contributed by atoms with Gasteiger partial charge in [-0.2, -0.15) is 0 Å². The number of rotatable bonds is 4. The van der Waals surface area contributed by atoms with E-state index in [2.05, 4.69) is 13.2 Å². The molecule has 14 heavy (non-hydrogen) atoms. The van der Waals surface area contributed by atoms with Crippen LogP contribution in [0.3, 0.4) is 0 Å². The van der Waals surface area contributed by atoms with Crippen LogP contribution >= 0.6 is 0 Å². The molecule has 0 heterocycles. The minimum Gasteiger partial charge on any atom is -0.507 e. The van der Waals surface area contributed by atoms with Gasteiger partial charge in [-0.05, 0) is 36.1 Å². The molecule has 0 saturated heterocycles. The van der Waals surface area contributed by atoms with Gasteiger partial charge in [0.25, 0.3) is 0 Å². The summed E-state index contributed by atoms with van der Waals surface area (Å²) in [6, 6.07) is 3.53. The van der Waals surface area contributed by atoms with Crippen molar-refractivity contribution in [3.05, 3.63) is 48.6 Å². The highest BCUT2D eigenvalue weighted by Gasteiger charge is 2.06. The molecule has 0 radical (unpaired) electrons. The monoisotopic (exact) mass is 189 g/mol. The van der Waals surface area contributed by atoms with E-state index in [1.807, 2.05) is 0 Å². The van der Waals surface area contributed by atoms with Crippen molar-refractivity contribution in [3.63, 3.8) is 0 Å². The van der Waals surface area contributed by atoms with Crippen LogP contribution in [0.4, 0.5) is 5.69 Å². The molecule has 0 aliphatic carbocycles. The van der Waals surface area contributed by atoms with E-state index in [1.165, 1.54) is 0 Å². The molecule has 74 valence electrons. The van der Waals surface area contributed by atoms with Crippen molar-refractivity contribution in [2.24, 2.45) is 0 Å². The predicted octanol–water partition coefficient (Wildman–Crippen LogP) is 2.43. The minimum absolute atomic E-state index is 0.305. The lowest BCUT2D eigenvalue weighted by Gasteiger charge is -2.08. The van der Waals surface area contributed by atoms with E-state index in [0.29, 0.717) is 24.3 Å². The van der Waals surface area contributed by atoms with E-state index in [9.17, 15) is 5.11 Å². The van der Waals surface area contributed by atoms with Crippen LogP contribution in [0, 0.1) is 0 Å². The smallest absolute Gasteiger partial charge is 0.122 e. The summed E-state index contributed by atoms with van der Waals surface area (Å²) in [5.74, 6) is 0.305. The second-order valence-corrected chi connectivity index (χ2v) is 3.17. The molecule has 0 aliphatic rings. The second-order valence-electron chi connectivity index (χ2n) is 3.17. The summed E-state index contributed by atoms with van der Waals surface area (Å²) < 4.78 is 0. The van der Waals surface area contributed by atoms with E-state index < -0.39 is 0 Å². The number of anilines is 1. The topological polar surface area (TPSA) is 46.2 Å². The Kier molecular flexibility index (Phi) is 3.35. The number of phenols is 1. The first-order valence-electron chi connectivity index (χ1n) is 4.51. The summed E-state index contributed by atoms with van der Waals surface area (Å²) in [6.45, 7) is 7.26. The maximum absolute atomic E-state index is 9.82. The normalized spacial score (nSPS) is 9.71. The zero-order valence-corrected chi connectivity index (χ0v) is 8.16. The van der Waals surface area contributed by atoms with E-state index in [1.54, 1.807) is 24.3 Å². The Bertz CT molecular complexity index is 324. The lowest BCUT2D eigenvalue weighted by Crippen LogP contribution is -1.94. The maximum Gasteiger partial charge on any atom is 0.122 e. The first kappa shape index (κ1) is 10.4. The number of hydrogen-bond donors (Lipinski definition) is 2. The highest BCUT2D eigenvalue weighted by atomic mass is 16.3. The zero-order chi connectivity index (χ0) is 10.6. The fraction of sp³-hybridized carbons (Fsp3) is 0.167. The van der Waals surface area contributed by atoms with Crippen LogP contribution in [0.2, 0.25) is 0 Å². The molecule has 0 saturated carbocycles. The Balaban J connectivity index is 3.16. The largest absolute Gasteiger partial charge is 0.507 e. The van der Waals surface area contributed by atoms with Crippen molar-refractivity contribution in [2.45, 2.75) is 12.8 Å². The molecule has 1 aromatic carbocycles. The molecule has 2 nitrogen and oxygen atoms in total. The molecule has 0 unspecified atom stereocenters. The fourth-order valence-electron chi connectivity index (χ4n) is 1.41. The zero-order valence-electron chi connectivity index (χ0n) is 8.16. The molecule has 0 bridgehead atoms.